The average Bonchev–Trinajstić information content (AvgIpc) is 3.02. The van der Waals surface area contributed by atoms with Gasteiger partial charge in [-0.2, -0.15) is 4.31 Å². The fraction of sp³-hybridized carbons (Fsp3) is 0.611. The van der Waals surface area contributed by atoms with Gasteiger partial charge >= 0.3 is 5.97 Å². The molecule has 2 aliphatic rings. The molecular formula is C18H25NO6S. The minimum Gasteiger partial charge on any atom is -0.495 e. The summed E-state index contributed by atoms with van der Waals surface area (Å²) in [6.07, 6.45) is 4.70. The molecule has 26 heavy (non-hydrogen) atoms. The molecule has 1 saturated carbocycles. The summed E-state index contributed by atoms with van der Waals surface area (Å²) in [7, 11) is -0.802. The Labute approximate surface area is 154 Å². The van der Waals surface area contributed by atoms with Crippen molar-refractivity contribution in [2.45, 2.75) is 43.1 Å². The molecule has 1 aliphatic carbocycles. The summed E-state index contributed by atoms with van der Waals surface area (Å²) >= 11 is 0. The summed E-state index contributed by atoms with van der Waals surface area (Å²) in [5.41, 5.74) is -0.232. The normalized spacial score (nSPS) is 26.9. The highest BCUT2D eigenvalue weighted by atomic mass is 32.2. The molecule has 8 heteroatoms. The molecule has 7 nitrogen and oxygen atoms in total. The van der Waals surface area contributed by atoms with Crippen molar-refractivity contribution < 1.29 is 27.8 Å². The van der Waals surface area contributed by atoms with Crippen LogP contribution in [0.25, 0.3) is 0 Å². The van der Waals surface area contributed by atoms with Gasteiger partial charge in [0.05, 0.1) is 18.8 Å². The van der Waals surface area contributed by atoms with Gasteiger partial charge in [-0.25, -0.2) is 13.2 Å². The van der Waals surface area contributed by atoms with Crippen molar-refractivity contribution in [1.82, 2.24) is 4.31 Å². The third-order valence-corrected chi connectivity index (χ3v) is 7.58. The molecule has 1 spiro atoms. The van der Waals surface area contributed by atoms with Crippen LogP contribution in [-0.4, -0.2) is 57.2 Å². The van der Waals surface area contributed by atoms with E-state index in [4.69, 9.17) is 9.47 Å². The maximum Gasteiger partial charge on any atom is 0.335 e. The van der Waals surface area contributed by atoms with Crippen LogP contribution < -0.4 is 4.74 Å². The highest BCUT2D eigenvalue weighted by Crippen LogP contribution is 2.47. The van der Waals surface area contributed by atoms with Crippen molar-refractivity contribution in [2.24, 2.45) is 5.41 Å². The quantitative estimate of drug-likeness (QED) is 0.839. The van der Waals surface area contributed by atoms with E-state index in [9.17, 15) is 18.3 Å². The van der Waals surface area contributed by atoms with Gasteiger partial charge in [0.1, 0.15) is 10.6 Å². The Morgan fingerprint density at radius 1 is 1.27 bits per heavy atom. The zero-order chi connectivity index (χ0) is 18.9. The molecule has 1 aliphatic heterocycles. The predicted molar refractivity (Wildman–Crippen MR) is 95.0 cm³/mol. The molecule has 3 rings (SSSR count). The van der Waals surface area contributed by atoms with Gasteiger partial charge in [0, 0.05) is 25.6 Å². The summed E-state index contributed by atoms with van der Waals surface area (Å²) < 4.78 is 38.9. The Kier molecular flexibility index (Phi) is 5.28. The van der Waals surface area contributed by atoms with Gasteiger partial charge in [0.15, 0.2) is 0 Å². The number of sulfonamides is 1. The van der Waals surface area contributed by atoms with E-state index in [1.54, 1.807) is 7.11 Å². The minimum atomic E-state index is -3.87. The number of carboxylic acids is 1. The Balaban J connectivity index is 1.98. The molecule has 0 bridgehead atoms. The average molecular weight is 383 g/mol. The van der Waals surface area contributed by atoms with Crippen LogP contribution >= 0.6 is 0 Å². The molecule has 1 heterocycles. The summed E-state index contributed by atoms with van der Waals surface area (Å²) in [4.78, 5) is 11.2. The summed E-state index contributed by atoms with van der Waals surface area (Å²) in [6, 6.07) is 3.92. The first-order valence-corrected chi connectivity index (χ1v) is 10.2. The number of carboxylic acid groups (broad SMARTS) is 1. The summed E-state index contributed by atoms with van der Waals surface area (Å²) in [6.45, 7) is 0.815. The topological polar surface area (TPSA) is 93.1 Å². The number of nitrogens with zero attached hydrogens (tertiary/aromatic N) is 1. The monoisotopic (exact) mass is 383 g/mol. The van der Waals surface area contributed by atoms with Crippen LogP contribution in [0.15, 0.2) is 23.1 Å². The third-order valence-electron chi connectivity index (χ3n) is 5.71. The van der Waals surface area contributed by atoms with Crippen molar-refractivity contribution in [1.29, 1.82) is 0 Å². The van der Waals surface area contributed by atoms with E-state index in [1.807, 2.05) is 0 Å². The van der Waals surface area contributed by atoms with Crippen molar-refractivity contribution in [2.75, 3.05) is 27.3 Å². The van der Waals surface area contributed by atoms with Crippen molar-refractivity contribution in [3.63, 3.8) is 0 Å². The maximum absolute atomic E-state index is 13.3. The van der Waals surface area contributed by atoms with Crippen LogP contribution in [0.2, 0.25) is 0 Å². The fourth-order valence-corrected chi connectivity index (χ4v) is 6.17. The lowest BCUT2D eigenvalue weighted by atomic mass is 9.77. The van der Waals surface area contributed by atoms with E-state index in [0.29, 0.717) is 13.1 Å². The predicted octanol–water partition coefficient (Wildman–Crippen LogP) is 2.36. The molecule has 1 saturated heterocycles. The minimum absolute atomic E-state index is 0.0627. The second kappa shape index (κ2) is 7.17. The summed E-state index contributed by atoms with van der Waals surface area (Å²) in [5, 5.41) is 9.22. The van der Waals surface area contributed by atoms with Gasteiger partial charge < -0.3 is 14.6 Å². The first-order chi connectivity index (χ1) is 12.3. The first kappa shape index (κ1) is 19.1. The molecule has 1 aromatic carbocycles. The van der Waals surface area contributed by atoms with Crippen molar-refractivity contribution in [3.8, 4) is 5.75 Å². The van der Waals surface area contributed by atoms with Crippen LogP contribution in [0, 0.1) is 5.41 Å². The lowest BCUT2D eigenvalue weighted by molar-refractivity contribution is -0.0185. The lowest BCUT2D eigenvalue weighted by Gasteiger charge is -2.43. The van der Waals surface area contributed by atoms with Crippen LogP contribution in [0.5, 0.6) is 5.75 Å². The maximum atomic E-state index is 13.3. The summed E-state index contributed by atoms with van der Waals surface area (Å²) in [5.74, 6) is -1.02. The number of methoxy groups -OCH3 is 2. The highest BCUT2D eigenvalue weighted by Gasteiger charge is 2.48. The van der Waals surface area contributed by atoms with Crippen LogP contribution in [-0.2, 0) is 14.8 Å². The SMILES string of the molecule is COc1ccc(C(=O)O)cc1S(=O)(=O)N1CCC[C@@]2(CCC[C@H]2OC)C1. The van der Waals surface area contributed by atoms with Crippen LogP contribution in [0.3, 0.4) is 0 Å². The van der Waals surface area contributed by atoms with Crippen molar-refractivity contribution >= 4 is 16.0 Å². The van der Waals surface area contributed by atoms with Gasteiger partial charge in [-0.15, -0.1) is 0 Å². The second-order valence-electron chi connectivity index (χ2n) is 7.09. The molecular weight excluding hydrogens is 358 g/mol. The van der Waals surface area contributed by atoms with E-state index in [2.05, 4.69) is 0 Å². The molecule has 0 unspecified atom stereocenters. The number of hydrogen-bond acceptors (Lipinski definition) is 5. The highest BCUT2D eigenvalue weighted by molar-refractivity contribution is 7.89. The Hall–Kier alpha value is -1.64. The van der Waals surface area contributed by atoms with E-state index in [1.165, 1.54) is 29.6 Å². The lowest BCUT2D eigenvalue weighted by Crippen LogP contribution is -2.49. The number of hydrogen-bond donors (Lipinski definition) is 1. The molecule has 2 fully saturated rings. The van der Waals surface area contributed by atoms with E-state index < -0.39 is 16.0 Å². The zero-order valence-electron chi connectivity index (χ0n) is 15.1. The van der Waals surface area contributed by atoms with Gasteiger partial charge in [-0.3, -0.25) is 0 Å². The van der Waals surface area contributed by atoms with Gasteiger partial charge in [0.2, 0.25) is 10.0 Å². The smallest absolute Gasteiger partial charge is 0.335 e. The van der Waals surface area contributed by atoms with Gasteiger partial charge in [-0.05, 0) is 43.9 Å². The van der Waals surface area contributed by atoms with Gasteiger partial charge in [-0.1, -0.05) is 6.42 Å². The standard InChI is InChI=1S/C18H25NO6S/c1-24-14-7-6-13(17(20)21)11-15(14)26(22,23)19-10-4-9-18(12-19)8-3-5-16(18)25-2/h6-7,11,16H,3-5,8-10,12H2,1-2H3,(H,20,21)/t16-,18+/m1/s1. The molecule has 0 radical (unpaired) electrons. The molecule has 0 aromatic heterocycles. The molecule has 144 valence electrons. The third kappa shape index (κ3) is 3.21. The van der Waals surface area contributed by atoms with Crippen molar-refractivity contribution in [3.05, 3.63) is 23.8 Å². The Morgan fingerprint density at radius 3 is 2.65 bits per heavy atom. The number of aromatic carboxylic acids is 1. The Morgan fingerprint density at radius 2 is 2.00 bits per heavy atom. The molecule has 1 aromatic rings. The van der Waals surface area contributed by atoms with E-state index in [0.717, 1.165) is 32.1 Å². The van der Waals surface area contributed by atoms with Crippen LogP contribution in [0.4, 0.5) is 0 Å². The number of carbonyl (C=O) groups is 1. The second-order valence-corrected chi connectivity index (χ2v) is 9.00. The largest absolute Gasteiger partial charge is 0.495 e. The Bertz CT molecular complexity index is 793. The fourth-order valence-electron chi connectivity index (χ4n) is 4.41. The van der Waals surface area contributed by atoms with Gasteiger partial charge in [0.25, 0.3) is 0 Å². The number of rotatable bonds is 5. The number of piperidine rings is 1. The van der Waals surface area contributed by atoms with E-state index in [-0.39, 0.29) is 27.7 Å². The molecule has 2 atom stereocenters. The molecule has 0 amide bonds. The number of ether oxygens (including phenoxy) is 2. The van der Waals surface area contributed by atoms with E-state index >= 15 is 0 Å². The van der Waals surface area contributed by atoms with Crippen LogP contribution in [0.1, 0.15) is 42.5 Å². The first-order valence-electron chi connectivity index (χ1n) is 8.78. The molecule has 1 N–H and O–H groups in total. The number of benzene rings is 1. The zero-order valence-corrected chi connectivity index (χ0v) is 15.9.